The van der Waals surface area contributed by atoms with Gasteiger partial charge in [-0.3, -0.25) is 9.78 Å². The minimum Gasteiger partial charge on any atom is -0.375 e. The summed E-state index contributed by atoms with van der Waals surface area (Å²) in [5.41, 5.74) is 6.50. The number of benzene rings is 1. The van der Waals surface area contributed by atoms with Crippen molar-refractivity contribution in [2.24, 2.45) is 0 Å². The molecule has 1 saturated carbocycles. The Morgan fingerprint density at radius 1 is 1.17 bits per heavy atom. The Kier molecular flexibility index (Phi) is 7.07. The van der Waals surface area contributed by atoms with Crippen molar-refractivity contribution >= 4 is 34.6 Å². The van der Waals surface area contributed by atoms with Gasteiger partial charge in [0.05, 0.1) is 17.8 Å². The van der Waals surface area contributed by atoms with Gasteiger partial charge in [-0.25, -0.2) is 0 Å². The molecule has 1 saturated heterocycles. The summed E-state index contributed by atoms with van der Waals surface area (Å²) in [5, 5.41) is 7.08. The molecule has 3 aromatic rings. The number of pyridine rings is 1. The zero-order valence-corrected chi connectivity index (χ0v) is 21.8. The van der Waals surface area contributed by atoms with Crippen molar-refractivity contribution in [2.45, 2.75) is 57.7 Å². The van der Waals surface area contributed by atoms with Crippen LogP contribution in [0.4, 0.5) is 11.4 Å². The van der Waals surface area contributed by atoms with E-state index >= 15 is 0 Å². The normalized spacial score (nSPS) is 20.1. The van der Waals surface area contributed by atoms with Crippen LogP contribution in [0.3, 0.4) is 0 Å². The number of hydrogen-bond donors (Lipinski definition) is 2. The van der Waals surface area contributed by atoms with Crippen molar-refractivity contribution in [2.75, 3.05) is 23.9 Å². The Hall–Kier alpha value is -3.23. The molecule has 0 radical (unpaired) electrons. The average molecular weight is 504 g/mol. The summed E-state index contributed by atoms with van der Waals surface area (Å²) in [7, 11) is 1.51. The van der Waals surface area contributed by atoms with Gasteiger partial charge in [0.25, 0.3) is 0 Å². The van der Waals surface area contributed by atoms with Crippen LogP contribution in [-0.4, -0.2) is 34.3 Å². The molecule has 2 fully saturated rings. The highest BCUT2D eigenvalue weighted by Gasteiger charge is 2.42. The third-order valence-corrected chi connectivity index (χ3v) is 7.65. The number of aryl methyl sites for hydroxylation is 1. The fraction of sp³-hybridized carbons (Fsp3) is 0.393. The van der Waals surface area contributed by atoms with Gasteiger partial charge >= 0.3 is 0 Å². The van der Waals surface area contributed by atoms with E-state index in [-0.39, 0.29) is 24.6 Å². The highest BCUT2D eigenvalue weighted by molar-refractivity contribution is 7.80. The molecule has 0 spiro atoms. The number of amides is 1. The smallest absolute Gasteiger partial charge is 0.250 e. The zero-order chi connectivity index (χ0) is 25.2. The van der Waals surface area contributed by atoms with E-state index in [0.717, 1.165) is 17.1 Å². The van der Waals surface area contributed by atoms with Crippen LogP contribution in [0, 0.1) is 13.8 Å². The number of nitrogens with zero attached hydrogens (tertiary/aromatic N) is 3. The van der Waals surface area contributed by atoms with Crippen molar-refractivity contribution in [3.8, 4) is 0 Å². The van der Waals surface area contributed by atoms with E-state index in [9.17, 15) is 4.79 Å². The van der Waals surface area contributed by atoms with Crippen LogP contribution in [0.15, 0.2) is 54.7 Å². The summed E-state index contributed by atoms with van der Waals surface area (Å²) in [6, 6.07) is 16.6. The van der Waals surface area contributed by atoms with Gasteiger partial charge in [-0.05, 0) is 86.9 Å². The predicted octanol–water partition coefficient (Wildman–Crippen LogP) is 5.38. The van der Waals surface area contributed by atoms with Crippen molar-refractivity contribution in [1.29, 1.82) is 0 Å². The van der Waals surface area contributed by atoms with Crippen LogP contribution in [0.25, 0.3) is 0 Å². The molecule has 1 aliphatic carbocycles. The second-order valence-corrected chi connectivity index (χ2v) is 10.0. The van der Waals surface area contributed by atoms with Crippen molar-refractivity contribution in [3.63, 3.8) is 0 Å². The first kappa shape index (κ1) is 24.5. The summed E-state index contributed by atoms with van der Waals surface area (Å²) < 4.78 is 7.45. The second-order valence-electron chi connectivity index (χ2n) is 9.66. The van der Waals surface area contributed by atoms with Crippen molar-refractivity contribution < 1.29 is 9.53 Å². The number of aromatic nitrogens is 2. The number of carbonyl (C=O) groups is 1. The molecule has 1 amide bonds. The van der Waals surface area contributed by atoms with E-state index in [1.54, 1.807) is 0 Å². The molecule has 1 aliphatic heterocycles. The molecule has 188 valence electrons. The summed E-state index contributed by atoms with van der Waals surface area (Å²) in [6.45, 7) is 4.48. The molecule has 0 bridgehead atoms. The standard InChI is InChI=1S/C28H33N5O2S/c1-18-16-23(19(2)32(18)21-8-4-5-9-21)27-26(24-10-6-7-15-29-24)31-28(36)33(27)22-13-11-20(12-14-22)30-25(34)17-35-3/h6-7,10-16,21,26-27H,4-5,8-9,17H2,1-3H3,(H,30,34)(H,31,36)/t26-,27-/m0/s1. The second kappa shape index (κ2) is 10.4. The molecule has 0 unspecified atom stereocenters. The Balaban J connectivity index is 1.54. The van der Waals surface area contributed by atoms with Crippen LogP contribution >= 0.6 is 12.2 Å². The van der Waals surface area contributed by atoms with Gasteiger partial charge in [0.2, 0.25) is 5.91 Å². The quantitative estimate of drug-likeness (QED) is 0.422. The molecular formula is C28H33N5O2S. The minimum atomic E-state index is -0.184. The number of carbonyl (C=O) groups excluding carboxylic acids is 1. The van der Waals surface area contributed by atoms with Crippen LogP contribution in [-0.2, 0) is 9.53 Å². The Labute approximate surface area is 217 Å². The lowest BCUT2D eigenvalue weighted by atomic mass is 9.96. The van der Waals surface area contributed by atoms with E-state index in [4.69, 9.17) is 17.0 Å². The number of rotatable bonds is 7. The third kappa shape index (κ3) is 4.63. The molecule has 7 nitrogen and oxygen atoms in total. The first-order chi connectivity index (χ1) is 17.5. The van der Waals surface area contributed by atoms with Crippen LogP contribution in [0.5, 0.6) is 0 Å². The summed E-state index contributed by atoms with van der Waals surface area (Å²) in [4.78, 5) is 18.8. The molecule has 5 rings (SSSR count). The maximum atomic E-state index is 11.9. The van der Waals surface area contributed by atoms with Gasteiger partial charge in [0, 0.05) is 42.1 Å². The van der Waals surface area contributed by atoms with Gasteiger partial charge in [-0.1, -0.05) is 18.9 Å². The summed E-state index contributed by atoms with van der Waals surface area (Å²) in [5.74, 6) is -0.184. The Bertz CT molecular complexity index is 1230. The predicted molar refractivity (Wildman–Crippen MR) is 146 cm³/mol. The molecule has 2 aliphatic rings. The Morgan fingerprint density at radius 2 is 1.92 bits per heavy atom. The number of nitrogens with one attached hydrogen (secondary N) is 2. The monoisotopic (exact) mass is 503 g/mol. The van der Waals surface area contributed by atoms with E-state index in [1.807, 2.05) is 42.6 Å². The summed E-state index contributed by atoms with van der Waals surface area (Å²) >= 11 is 5.90. The maximum Gasteiger partial charge on any atom is 0.250 e. The topological polar surface area (TPSA) is 71.4 Å². The fourth-order valence-electron chi connectivity index (χ4n) is 5.81. The average Bonchev–Trinajstić information content (AvgIpc) is 3.58. The molecule has 1 aromatic carbocycles. The van der Waals surface area contributed by atoms with Gasteiger partial charge in [-0.2, -0.15) is 0 Å². The van der Waals surface area contributed by atoms with Crippen LogP contribution in [0.1, 0.15) is 66.5 Å². The fourth-order valence-corrected chi connectivity index (χ4v) is 6.15. The first-order valence-electron chi connectivity index (χ1n) is 12.6. The highest BCUT2D eigenvalue weighted by Crippen LogP contribution is 2.45. The number of hydrogen-bond acceptors (Lipinski definition) is 4. The van der Waals surface area contributed by atoms with E-state index in [0.29, 0.717) is 11.2 Å². The largest absolute Gasteiger partial charge is 0.375 e. The lowest BCUT2D eigenvalue weighted by Gasteiger charge is -2.28. The van der Waals surface area contributed by atoms with Gasteiger partial charge < -0.3 is 24.8 Å². The maximum absolute atomic E-state index is 11.9. The first-order valence-corrected chi connectivity index (χ1v) is 13.0. The minimum absolute atomic E-state index is 0.0202. The molecule has 36 heavy (non-hydrogen) atoms. The number of ether oxygens (including phenoxy) is 1. The van der Waals surface area contributed by atoms with Crippen LogP contribution < -0.4 is 15.5 Å². The van der Waals surface area contributed by atoms with Crippen molar-refractivity contribution in [3.05, 3.63) is 77.4 Å². The highest BCUT2D eigenvalue weighted by atomic mass is 32.1. The molecule has 3 heterocycles. The summed E-state index contributed by atoms with van der Waals surface area (Å²) in [6.07, 6.45) is 6.89. The van der Waals surface area contributed by atoms with E-state index < -0.39 is 0 Å². The Morgan fingerprint density at radius 3 is 2.58 bits per heavy atom. The molecule has 8 heteroatoms. The third-order valence-electron chi connectivity index (χ3n) is 7.33. The van der Waals surface area contributed by atoms with Crippen molar-refractivity contribution in [1.82, 2.24) is 14.9 Å². The SMILES string of the molecule is COCC(=O)Nc1ccc(N2C(=S)N[C@@H](c3ccccn3)[C@@H]2c2cc(C)n(C3CCCC3)c2C)cc1. The molecule has 2 N–H and O–H groups in total. The van der Waals surface area contributed by atoms with E-state index in [1.165, 1.54) is 49.7 Å². The van der Waals surface area contributed by atoms with Gasteiger partial charge in [0.15, 0.2) is 5.11 Å². The van der Waals surface area contributed by atoms with Gasteiger partial charge in [0.1, 0.15) is 6.61 Å². The molecular weight excluding hydrogens is 470 g/mol. The lowest BCUT2D eigenvalue weighted by molar-refractivity contribution is -0.119. The van der Waals surface area contributed by atoms with Crippen LogP contribution in [0.2, 0.25) is 0 Å². The number of thiocarbonyl (C=S) groups is 1. The van der Waals surface area contributed by atoms with Gasteiger partial charge in [-0.15, -0.1) is 0 Å². The molecule has 2 atom stereocenters. The number of anilines is 2. The lowest BCUT2D eigenvalue weighted by Crippen LogP contribution is -2.29. The number of methoxy groups -OCH3 is 1. The van der Waals surface area contributed by atoms with E-state index in [2.05, 4.69) is 51.1 Å². The molecule has 2 aromatic heterocycles. The zero-order valence-electron chi connectivity index (χ0n) is 21.0.